The van der Waals surface area contributed by atoms with Crippen LogP contribution in [0, 0.1) is 5.92 Å². The highest BCUT2D eigenvalue weighted by Crippen LogP contribution is 2.38. The summed E-state index contributed by atoms with van der Waals surface area (Å²) in [4.78, 5) is 23.4. The number of pyridine rings is 2. The zero-order valence-corrected chi connectivity index (χ0v) is 18.3. The van der Waals surface area contributed by atoms with Crippen LogP contribution in [0.2, 0.25) is 0 Å². The lowest BCUT2D eigenvalue weighted by atomic mass is 9.84. The monoisotopic (exact) mass is 447 g/mol. The Morgan fingerprint density at radius 3 is 2.53 bits per heavy atom. The smallest absolute Gasteiger partial charge is 0.354 e. The van der Waals surface area contributed by atoms with Crippen LogP contribution in [-0.2, 0) is 11.0 Å². The van der Waals surface area contributed by atoms with Gasteiger partial charge in [-0.2, -0.15) is 13.2 Å². The van der Waals surface area contributed by atoms with E-state index in [1.54, 1.807) is 6.07 Å². The number of nitrogens with one attached hydrogen (secondary N) is 2. The van der Waals surface area contributed by atoms with E-state index in [0.29, 0.717) is 48.9 Å². The van der Waals surface area contributed by atoms with Crippen molar-refractivity contribution in [2.24, 2.45) is 5.92 Å². The fraction of sp³-hybridized carbons (Fsp3) is 0.522. The molecule has 172 valence electrons. The number of rotatable bonds is 5. The maximum atomic E-state index is 13.7. The Labute approximate surface area is 185 Å². The van der Waals surface area contributed by atoms with Gasteiger partial charge in [-0.15, -0.1) is 0 Å². The van der Waals surface area contributed by atoms with Gasteiger partial charge in [-0.25, -0.2) is 9.97 Å². The summed E-state index contributed by atoms with van der Waals surface area (Å²) in [7, 11) is 0. The van der Waals surface area contributed by atoms with Gasteiger partial charge in [0.15, 0.2) is 0 Å². The van der Waals surface area contributed by atoms with Crippen molar-refractivity contribution in [2.75, 3.05) is 36.4 Å². The molecule has 2 aliphatic rings. The molecular formula is C23H28F3N5O. The normalized spacial score (nSPS) is 17.4. The lowest BCUT2D eigenvalue weighted by Crippen LogP contribution is -2.44. The minimum absolute atomic E-state index is 0.0218. The Bertz CT molecular complexity index is 982. The lowest BCUT2D eigenvalue weighted by Gasteiger charge is -2.29. The zero-order chi connectivity index (χ0) is 22.9. The molecule has 1 saturated heterocycles. The van der Waals surface area contributed by atoms with Crippen LogP contribution >= 0.6 is 0 Å². The SMILES string of the molecule is CC(C)c1c(-c2cc(C(F)(F)F)cc(N3CCNCC3)n2)ccnc1NC(=O)C1CCC1. The summed E-state index contributed by atoms with van der Waals surface area (Å²) in [6.45, 7) is 6.43. The van der Waals surface area contributed by atoms with E-state index in [1.807, 2.05) is 18.7 Å². The van der Waals surface area contributed by atoms with E-state index >= 15 is 0 Å². The van der Waals surface area contributed by atoms with Crippen molar-refractivity contribution in [1.82, 2.24) is 15.3 Å². The highest BCUT2D eigenvalue weighted by molar-refractivity contribution is 5.94. The minimum atomic E-state index is -4.49. The number of hydrogen-bond acceptors (Lipinski definition) is 5. The molecule has 2 aromatic heterocycles. The van der Waals surface area contributed by atoms with Crippen molar-refractivity contribution in [2.45, 2.75) is 45.2 Å². The van der Waals surface area contributed by atoms with Gasteiger partial charge in [-0.05, 0) is 37.0 Å². The number of carbonyl (C=O) groups is 1. The van der Waals surface area contributed by atoms with Crippen LogP contribution in [0.1, 0.15) is 50.2 Å². The van der Waals surface area contributed by atoms with E-state index in [0.717, 1.165) is 31.4 Å². The van der Waals surface area contributed by atoms with E-state index in [-0.39, 0.29) is 23.4 Å². The molecule has 4 rings (SSSR count). The summed E-state index contributed by atoms with van der Waals surface area (Å²) in [6.07, 6.45) is -0.236. The Morgan fingerprint density at radius 2 is 1.94 bits per heavy atom. The zero-order valence-electron chi connectivity index (χ0n) is 18.3. The van der Waals surface area contributed by atoms with Crippen molar-refractivity contribution in [3.8, 4) is 11.3 Å². The van der Waals surface area contributed by atoms with Crippen LogP contribution in [0.15, 0.2) is 24.4 Å². The van der Waals surface area contributed by atoms with E-state index in [1.165, 1.54) is 6.20 Å². The van der Waals surface area contributed by atoms with E-state index in [9.17, 15) is 18.0 Å². The third kappa shape index (κ3) is 4.72. The van der Waals surface area contributed by atoms with Gasteiger partial charge < -0.3 is 15.5 Å². The average Bonchev–Trinajstić information content (AvgIpc) is 2.71. The van der Waals surface area contributed by atoms with Crippen molar-refractivity contribution < 1.29 is 18.0 Å². The largest absolute Gasteiger partial charge is 0.416 e. The number of nitrogens with zero attached hydrogens (tertiary/aromatic N) is 3. The third-order valence-electron chi connectivity index (χ3n) is 6.14. The summed E-state index contributed by atoms with van der Waals surface area (Å²) in [6, 6.07) is 3.88. The summed E-state index contributed by atoms with van der Waals surface area (Å²) in [5.74, 6) is 0.530. The van der Waals surface area contributed by atoms with Crippen molar-refractivity contribution in [1.29, 1.82) is 0 Å². The van der Waals surface area contributed by atoms with Crippen LogP contribution in [0.3, 0.4) is 0 Å². The second-order valence-electron chi connectivity index (χ2n) is 8.73. The van der Waals surface area contributed by atoms with Crippen LogP contribution in [0.4, 0.5) is 24.8 Å². The van der Waals surface area contributed by atoms with Crippen LogP contribution < -0.4 is 15.5 Å². The van der Waals surface area contributed by atoms with Gasteiger partial charge in [-0.3, -0.25) is 4.79 Å². The minimum Gasteiger partial charge on any atom is -0.354 e. The second kappa shape index (κ2) is 9.05. The number of carbonyl (C=O) groups excluding carboxylic acids is 1. The number of aromatic nitrogens is 2. The highest BCUT2D eigenvalue weighted by atomic mass is 19.4. The van der Waals surface area contributed by atoms with Gasteiger partial charge in [0.2, 0.25) is 5.91 Å². The first-order chi connectivity index (χ1) is 15.2. The van der Waals surface area contributed by atoms with Crippen LogP contribution in [0.5, 0.6) is 0 Å². The molecule has 1 aliphatic carbocycles. The summed E-state index contributed by atoms with van der Waals surface area (Å²) < 4.78 is 41.2. The van der Waals surface area contributed by atoms with Crippen molar-refractivity contribution >= 4 is 17.5 Å². The molecule has 2 aromatic rings. The third-order valence-corrected chi connectivity index (χ3v) is 6.14. The Balaban J connectivity index is 1.79. The highest BCUT2D eigenvalue weighted by Gasteiger charge is 2.33. The molecule has 32 heavy (non-hydrogen) atoms. The average molecular weight is 448 g/mol. The quantitative estimate of drug-likeness (QED) is 0.710. The number of hydrogen-bond donors (Lipinski definition) is 2. The number of piperazine rings is 1. The predicted molar refractivity (Wildman–Crippen MR) is 118 cm³/mol. The van der Waals surface area contributed by atoms with E-state index in [2.05, 4.69) is 20.6 Å². The molecule has 1 amide bonds. The first kappa shape index (κ1) is 22.5. The van der Waals surface area contributed by atoms with Gasteiger partial charge in [0.1, 0.15) is 11.6 Å². The topological polar surface area (TPSA) is 70.2 Å². The molecule has 6 nitrogen and oxygen atoms in total. The molecule has 1 aliphatic heterocycles. The Hall–Kier alpha value is -2.68. The molecular weight excluding hydrogens is 419 g/mol. The number of amides is 1. The predicted octanol–water partition coefficient (Wildman–Crippen LogP) is 4.43. The summed E-state index contributed by atoms with van der Waals surface area (Å²) >= 11 is 0. The van der Waals surface area contributed by atoms with E-state index in [4.69, 9.17) is 0 Å². The molecule has 2 fully saturated rings. The fourth-order valence-corrected chi connectivity index (χ4v) is 4.14. The van der Waals surface area contributed by atoms with Gasteiger partial charge >= 0.3 is 6.18 Å². The number of halogens is 3. The molecule has 0 unspecified atom stereocenters. The Kier molecular flexibility index (Phi) is 6.37. The standard InChI is InChI=1S/C23H28F3N5O/c1-14(2)20-17(6-7-28-21(20)30-22(32)15-4-3-5-15)18-12-16(23(24,25)26)13-19(29-18)31-10-8-27-9-11-31/h6-7,12-15,27H,3-5,8-11H2,1-2H3,(H,28,30,32). The molecule has 0 bridgehead atoms. The molecule has 1 saturated carbocycles. The van der Waals surface area contributed by atoms with Crippen LogP contribution in [-0.4, -0.2) is 42.1 Å². The molecule has 0 atom stereocenters. The number of alkyl halides is 3. The maximum Gasteiger partial charge on any atom is 0.416 e. The molecule has 9 heteroatoms. The Morgan fingerprint density at radius 1 is 1.22 bits per heavy atom. The van der Waals surface area contributed by atoms with Crippen molar-refractivity contribution in [3.63, 3.8) is 0 Å². The van der Waals surface area contributed by atoms with Crippen LogP contribution in [0.25, 0.3) is 11.3 Å². The molecule has 0 radical (unpaired) electrons. The summed E-state index contributed by atoms with van der Waals surface area (Å²) in [5, 5.41) is 6.11. The number of anilines is 2. The molecule has 0 spiro atoms. The molecule has 0 aromatic carbocycles. The lowest BCUT2D eigenvalue weighted by molar-refractivity contribution is -0.137. The van der Waals surface area contributed by atoms with Gasteiger partial charge in [0.25, 0.3) is 0 Å². The second-order valence-corrected chi connectivity index (χ2v) is 8.73. The maximum absolute atomic E-state index is 13.7. The van der Waals surface area contributed by atoms with Crippen molar-refractivity contribution in [3.05, 3.63) is 35.5 Å². The van der Waals surface area contributed by atoms with E-state index < -0.39 is 11.7 Å². The van der Waals surface area contributed by atoms with Gasteiger partial charge in [0.05, 0.1) is 11.3 Å². The first-order valence-corrected chi connectivity index (χ1v) is 11.1. The van der Waals surface area contributed by atoms with Gasteiger partial charge in [-0.1, -0.05) is 20.3 Å². The fourth-order valence-electron chi connectivity index (χ4n) is 4.14. The summed E-state index contributed by atoms with van der Waals surface area (Å²) in [5.41, 5.74) is 0.751. The first-order valence-electron chi connectivity index (χ1n) is 11.1. The molecule has 3 heterocycles. The van der Waals surface area contributed by atoms with Gasteiger partial charge in [0, 0.05) is 49.4 Å². The molecule has 2 N–H and O–H groups in total.